The zero-order chi connectivity index (χ0) is 11.5. The van der Waals surface area contributed by atoms with Gasteiger partial charge in [-0.25, -0.2) is 0 Å². The Morgan fingerprint density at radius 2 is 2.18 bits per heavy atom. The molecule has 0 radical (unpaired) electrons. The van der Waals surface area contributed by atoms with E-state index in [1.807, 2.05) is 4.90 Å². The molecule has 1 amide bonds. The molecule has 0 aromatic carbocycles. The molecule has 1 heterocycles. The van der Waals surface area contributed by atoms with Crippen molar-refractivity contribution < 1.29 is 9.53 Å². The van der Waals surface area contributed by atoms with E-state index in [1.54, 1.807) is 7.11 Å². The Labute approximate surface area is 109 Å². The van der Waals surface area contributed by atoms with Crippen LogP contribution in [0, 0.1) is 11.8 Å². The molecule has 2 fully saturated rings. The Kier molecular flexibility index (Phi) is 5.70. The molecule has 3 unspecified atom stereocenters. The maximum atomic E-state index is 12.2. The van der Waals surface area contributed by atoms with Crippen molar-refractivity contribution in [3.8, 4) is 0 Å². The molecule has 3 atom stereocenters. The number of rotatable bonds is 3. The van der Waals surface area contributed by atoms with Crippen LogP contribution in [0.2, 0.25) is 0 Å². The van der Waals surface area contributed by atoms with Crippen molar-refractivity contribution in [2.24, 2.45) is 17.6 Å². The normalized spacial score (nSPS) is 32.6. The smallest absolute Gasteiger partial charge is 0.227 e. The van der Waals surface area contributed by atoms with Gasteiger partial charge in [-0.1, -0.05) is 6.42 Å². The number of hydrogen-bond acceptors (Lipinski definition) is 3. The van der Waals surface area contributed by atoms with Gasteiger partial charge in [0, 0.05) is 32.2 Å². The van der Waals surface area contributed by atoms with Crippen LogP contribution in [0.5, 0.6) is 0 Å². The van der Waals surface area contributed by atoms with Gasteiger partial charge in [0.2, 0.25) is 5.91 Å². The van der Waals surface area contributed by atoms with E-state index in [2.05, 4.69) is 0 Å². The van der Waals surface area contributed by atoms with E-state index in [0.29, 0.717) is 5.92 Å². The average molecular weight is 263 g/mol. The molecular weight excluding hydrogens is 240 g/mol. The van der Waals surface area contributed by atoms with E-state index in [1.165, 1.54) is 0 Å². The molecule has 2 aliphatic rings. The monoisotopic (exact) mass is 262 g/mol. The molecule has 17 heavy (non-hydrogen) atoms. The molecule has 0 spiro atoms. The maximum absolute atomic E-state index is 12.2. The van der Waals surface area contributed by atoms with Crippen molar-refractivity contribution in [2.45, 2.75) is 31.7 Å². The van der Waals surface area contributed by atoms with Gasteiger partial charge in [-0.3, -0.25) is 4.79 Å². The largest absolute Gasteiger partial charge is 0.384 e. The summed E-state index contributed by atoms with van der Waals surface area (Å²) in [7, 11) is 1.72. The van der Waals surface area contributed by atoms with Gasteiger partial charge < -0.3 is 15.4 Å². The first-order chi connectivity index (χ1) is 7.72. The van der Waals surface area contributed by atoms with Crippen LogP contribution in [0.25, 0.3) is 0 Å². The summed E-state index contributed by atoms with van der Waals surface area (Å²) in [4.78, 5) is 14.2. The molecule has 1 aliphatic heterocycles. The number of nitrogens with two attached hydrogens (primary N) is 1. The summed E-state index contributed by atoms with van der Waals surface area (Å²) in [6.07, 6.45) is 4.16. The highest BCUT2D eigenvalue weighted by Crippen LogP contribution is 2.28. The lowest BCUT2D eigenvalue weighted by Crippen LogP contribution is -2.40. The summed E-state index contributed by atoms with van der Waals surface area (Å²) >= 11 is 0. The van der Waals surface area contributed by atoms with Crippen molar-refractivity contribution in [1.82, 2.24) is 4.90 Å². The van der Waals surface area contributed by atoms with Crippen LogP contribution in [0.15, 0.2) is 0 Å². The fraction of sp³-hybridized carbons (Fsp3) is 0.917. The van der Waals surface area contributed by atoms with Crippen LogP contribution in [-0.4, -0.2) is 43.7 Å². The summed E-state index contributed by atoms with van der Waals surface area (Å²) in [5, 5.41) is 0. The summed E-state index contributed by atoms with van der Waals surface area (Å²) in [5.74, 6) is 0.886. The third-order valence-corrected chi connectivity index (χ3v) is 3.89. The number of carbonyl (C=O) groups is 1. The molecule has 0 bridgehead atoms. The quantitative estimate of drug-likeness (QED) is 0.827. The highest BCUT2D eigenvalue weighted by Gasteiger charge is 2.36. The van der Waals surface area contributed by atoms with Gasteiger partial charge in [0.05, 0.1) is 12.5 Å². The van der Waals surface area contributed by atoms with E-state index in [4.69, 9.17) is 10.5 Å². The van der Waals surface area contributed by atoms with Crippen LogP contribution < -0.4 is 5.73 Å². The molecular formula is C12H23ClN2O2. The second-order valence-electron chi connectivity index (χ2n) is 5.10. The predicted molar refractivity (Wildman–Crippen MR) is 69.1 cm³/mol. The Bertz CT molecular complexity index is 263. The second kappa shape index (κ2) is 6.57. The molecule has 0 aromatic rings. The number of nitrogens with zero attached hydrogens (tertiary/aromatic N) is 1. The highest BCUT2D eigenvalue weighted by atomic mass is 35.5. The predicted octanol–water partition coefficient (Wildman–Crippen LogP) is 1.03. The molecule has 2 N–H and O–H groups in total. The van der Waals surface area contributed by atoms with Gasteiger partial charge in [0.1, 0.15) is 0 Å². The van der Waals surface area contributed by atoms with E-state index >= 15 is 0 Å². The molecule has 1 aliphatic carbocycles. The number of halogens is 1. The second-order valence-corrected chi connectivity index (χ2v) is 5.10. The first-order valence-electron chi connectivity index (χ1n) is 6.25. The van der Waals surface area contributed by atoms with Gasteiger partial charge in [-0.05, 0) is 19.3 Å². The molecule has 4 nitrogen and oxygen atoms in total. The minimum Gasteiger partial charge on any atom is -0.384 e. The summed E-state index contributed by atoms with van der Waals surface area (Å²) < 4.78 is 5.14. The van der Waals surface area contributed by atoms with Crippen LogP contribution in [-0.2, 0) is 9.53 Å². The number of ether oxygens (including phenoxy) is 1. The van der Waals surface area contributed by atoms with Crippen molar-refractivity contribution in [3.63, 3.8) is 0 Å². The minimum atomic E-state index is 0. The zero-order valence-electron chi connectivity index (χ0n) is 10.4. The Hall–Kier alpha value is -0.320. The van der Waals surface area contributed by atoms with E-state index in [0.717, 1.165) is 45.4 Å². The van der Waals surface area contributed by atoms with Crippen molar-refractivity contribution in [2.75, 3.05) is 26.8 Å². The van der Waals surface area contributed by atoms with Crippen LogP contribution >= 0.6 is 12.4 Å². The van der Waals surface area contributed by atoms with Crippen LogP contribution in [0.3, 0.4) is 0 Å². The highest BCUT2D eigenvalue weighted by molar-refractivity contribution is 5.85. The first-order valence-corrected chi connectivity index (χ1v) is 6.25. The lowest BCUT2D eigenvalue weighted by molar-refractivity contribution is -0.134. The minimum absolute atomic E-state index is 0. The van der Waals surface area contributed by atoms with E-state index in [-0.39, 0.29) is 30.3 Å². The standard InChI is InChI=1S/C12H22N2O2.ClH/c1-16-8-9-5-6-14(7-9)12(15)10-3-2-4-11(10)13;/h9-11H,2-8,13H2,1H3;1H. The van der Waals surface area contributed by atoms with Crippen molar-refractivity contribution >= 4 is 18.3 Å². The van der Waals surface area contributed by atoms with Crippen LogP contribution in [0.1, 0.15) is 25.7 Å². The summed E-state index contributed by atoms with van der Waals surface area (Å²) in [5.41, 5.74) is 5.97. The molecule has 5 heteroatoms. The Balaban J connectivity index is 0.00000144. The molecule has 0 aromatic heterocycles. The number of likely N-dealkylation sites (tertiary alicyclic amines) is 1. The van der Waals surface area contributed by atoms with Gasteiger partial charge >= 0.3 is 0 Å². The van der Waals surface area contributed by atoms with Gasteiger partial charge in [0.25, 0.3) is 0 Å². The SMILES string of the molecule is COCC1CCN(C(=O)C2CCCC2N)C1.Cl. The molecule has 100 valence electrons. The maximum Gasteiger partial charge on any atom is 0.227 e. The third-order valence-electron chi connectivity index (χ3n) is 3.89. The molecule has 1 saturated carbocycles. The fourth-order valence-electron chi connectivity index (χ4n) is 2.93. The first kappa shape index (κ1) is 14.7. The molecule has 2 rings (SSSR count). The Morgan fingerprint density at radius 1 is 1.41 bits per heavy atom. The number of methoxy groups -OCH3 is 1. The van der Waals surface area contributed by atoms with Crippen LogP contribution in [0.4, 0.5) is 0 Å². The van der Waals surface area contributed by atoms with E-state index < -0.39 is 0 Å². The van der Waals surface area contributed by atoms with Crippen molar-refractivity contribution in [1.29, 1.82) is 0 Å². The lowest BCUT2D eigenvalue weighted by atomic mass is 10.0. The van der Waals surface area contributed by atoms with Crippen molar-refractivity contribution in [3.05, 3.63) is 0 Å². The number of hydrogen-bond donors (Lipinski definition) is 1. The fourth-order valence-corrected chi connectivity index (χ4v) is 2.93. The van der Waals surface area contributed by atoms with Gasteiger partial charge in [-0.2, -0.15) is 0 Å². The van der Waals surface area contributed by atoms with Gasteiger partial charge in [-0.15, -0.1) is 12.4 Å². The van der Waals surface area contributed by atoms with E-state index in [9.17, 15) is 4.79 Å². The number of carbonyl (C=O) groups excluding carboxylic acids is 1. The number of amides is 1. The molecule has 1 saturated heterocycles. The summed E-state index contributed by atoms with van der Waals surface area (Å²) in [6, 6.07) is 0.0916. The topological polar surface area (TPSA) is 55.6 Å². The zero-order valence-corrected chi connectivity index (χ0v) is 11.2. The average Bonchev–Trinajstić information content (AvgIpc) is 2.87. The third kappa shape index (κ3) is 3.33. The van der Waals surface area contributed by atoms with Gasteiger partial charge in [0.15, 0.2) is 0 Å². The summed E-state index contributed by atoms with van der Waals surface area (Å²) in [6.45, 7) is 2.51. The lowest BCUT2D eigenvalue weighted by Gasteiger charge is -2.23. The Morgan fingerprint density at radius 3 is 2.76 bits per heavy atom.